The Labute approximate surface area is 170 Å². The lowest BCUT2D eigenvalue weighted by Gasteiger charge is -2.24. The van der Waals surface area contributed by atoms with Crippen molar-refractivity contribution in [2.24, 2.45) is 5.92 Å². The van der Waals surface area contributed by atoms with Gasteiger partial charge < -0.3 is 9.47 Å². The summed E-state index contributed by atoms with van der Waals surface area (Å²) in [7, 11) is 3.18. The number of ketones is 1. The van der Waals surface area contributed by atoms with Gasteiger partial charge in [-0.05, 0) is 42.9 Å². The summed E-state index contributed by atoms with van der Waals surface area (Å²) in [6.07, 6.45) is 4.01. The Kier molecular flexibility index (Phi) is 6.46. The van der Waals surface area contributed by atoms with Crippen molar-refractivity contribution in [3.8, 4) is 11.5 Å². The van der Waals surface area contributed by atoms with E-state index in [0.29, 0.717) is 35.6 Å². The molecule has 1 aliphatic carbocycles. The molecule has 3 rings (SSSR count). The van der Waals surface area contributed by atoms with Crippen LogP contribution in [0.2, 0.25) is 0 Å². The highest BCUT2D eigenvalue weighted by molar-refractivity contribution is 5.99. The summed E-state index contributed by atoms with van der Waals surface area (Å²) < 4.78 is 10.7. The third-order valence-corrected chi connectivity index (χ3v) is 5.51. The van der Waals surface area contributed by atoms with Crippen LogP contribution < -0.4 is 14.8 Å². The molecular formula is C22H27N3O4. The van der Waals surface area contributed by atoms with E-state index in [2.05, 4.69) is 15.3 Å². The normalized spacial score (nSPS) is 15.8. The second-order valence-corrected chi connectivity index (χ2v) is 7.20. The lowest BCUT2D eigenvalue weighted by atomic mass is 9.82. The maximum absolute atomic E-state index is 12.7. The lowest BCUT2D eigenvalue weighted by molar-refractivity contribution is -0.120. The molecular weight excluding hydrogens is 370 g/mol. The van der Waals surface area contributed by atoms with E-state index in [4.69, 9.17) is 9.47 Å². The first-order valence-electron chi connectivity index (χ1n) is 9.92. The molecule has 0 saturated heterocycles. The Morgan fingerprint density at radius 2 is 1.90 bits per heavy atom. The van der Waals surface area contributed by atoms with Crippen LogP contribution in [0, 0.1) is 5.92 Å². The predicted molar refractivity (Wildman–Crippen MR) is 110 cm³/mol. The van der Waals surface area contributed by atoms with Gasteiger partial charge in [0.05, 0.1) is 25.5 Å². The Bertz CT molecular complexity index is 909. The molecule has 0 saturated carbocycles. The van der Waals surface area contributed by atoms with E-state index in [-0.39, 0.29) is 29.5 Å². The number of fused-ring (bicyclic) bond motifs is 1. The molecule has 7 heteroatoms. The molecule has 1 aliphatic rings. The van der Waals surface area contributed by atoms with Crippen LogP contribution in [0.1, 0.15) is 60.6 Å². The number of rotatable bonds is 7. The average molecular weight is 397 g/mol. The summed E-state index contributed by atoms with van der Waals surface area (Å²) in [5.41, 5.74) is 2.18. The number of aromatic nitrogens is 2. The highest BCUT2D eigenvalue weighted by Gasteiger charge is 2.29. The predicted octanol–water partition coefficient (Wildman–Crippen LogP) is 3.78. The van der Waals surface area contributed by atoms with E-state index in [1.165, 1.54) is 6.20 Å². The number of anilines is 1. The summed E-state index contributed by atoms with van der Waals surface area (Å²) in [6, 6.07) is 5.69. The molecule has 0 aliphatic heterocycles. The minimum Gasteiger partial charge on any atom is -0.493 e. The van der Waals surface area contributed by atoms with Gasteiger partial charge >= 0.3 is 0 Å². The zero-order valence-electron chi connectivity index (χ0n) is 17.3. The Morgan fingerprint density at radius 3 is 2.55 bits per heavy atom. The zero-order chi connectivity index (χ0) is 21.0. The van der Waals surface area contributed by atoms with E-state index >= 15 is 0 Å². The molecule has 2 aromatic rings. The molecule has 1 N–H and O–H groups in total. The van der Waals surface area contributed by atoms with Gasteiger partial charge in [-0.15, -0.1) is 0 Å². The molecule has 154 valence electrons. The molecule has 1 unspecified atom stereocenters. The molecule has 1 atom stereocenters. The van der Waals surface area contributed by atoms with Gasteiger partial charge in [0.1, 0.15) is 0 Å². The van der Waals surface area contributed by atoms with Gasteiger partial charge in [0, 0.05) is 18.5 Å². The number of benzene rings is 1. The topological polar surface area (TPSA) is 90.4 Å². The fraction of sp³-hybridized carbons (Fsp3) is 0.455. The molecule has 1 amide bonds. The molecule has 0 bridgehead atoms. The molecule has 29 heavy (non-hydrogen) atoms. The maximum Gasteiger partial charge on any atom is 0.229 e. The largest absolute Gasteiger partial charge is 0.493 e. The zero-order valence-corrected chi connectivity index (χ0v) is 17.3. The first-order valence-corrected chi connectivity index (χ1v) is 9.92. The van der Waals surface area contributed by atoms with Crippen LogP contribution in [0.3, 0.4) is 0 Å². The number of Topliss-reactive ketones (excluding diaryl/α,β-unsaturated/α-hetero) is 1. The lowest BCUT2D eigenvalue weighted by Crippen LogP contribution is -2.25. The van der Waals surface area contributed by atoms with Gasteiger partial charge in [0.15, 0.2) is 17.3 Å². The third kappa shape index (κ3) is 4.39. The summed E-state index contributed by atoms with van der Waals surface area (Å²) in [4.78, 5) is 33.7. The van der Waals surface area contributed by atoms with Crippen LogP contribution in [0.4, 0.5) is 5.95 Å². The number of amides is 1. The molecule has 0 spiro atoms. The number of methoxy groups -OCH3 is 2. The highest BCUT2D eigenvalue weighted by Crippen LogP contribution is 2.36. The van der Waals surface area contributed by atoms with Gasteiger partial charge in [-0.2, -0.15) is 0 Å². The highest BCUT2D eigenvalue weighted by atomic mass is 16.5. The van der Waals surface area contributed by atoms with Gasteiger partial charge in [0.2, 0.25) is 11.9 Å². The first-order chi connectivity index (χ1) is 14.0. The van der Waals surface area contributed by atoms with Crippen LogP contribution in [0.25, 0.3) is 0 Å². The molecule has 0 fully saturated rings. The first kappa shape index (κ1) is 20.8. The van der Waals surface area contributed by atoms with Crippen molar-refractivity contribution in [2.45, 2.75) is 45.4 Å². The van der Waals surface area contributed by atoms with E-state index in [0.717, 1.165) is 18.4 Å². The fourth-order valence-corrected chi connectivity index (χ4v) is 3.72. The molecule has 0 radical (unpaired) electrons. The molecule has 7 nitrogen and oxygen atoms in total. The van der Waals surface area contributed by atoms with Crippen LogP contribution >= 0.6 is 0 Å². The Morgan fingerprint density at radius 1 is 1.17 bits per heavy atom. The Balaban J connectivity index is 1.84. The fourth-order valence-electron chi connectivity index (χ4n) is 3.72. The summed E-state index contributed by atoms with van der Waals surface area (Å²) in [6.45, 7) is 3.96. The van der Waals surface area contributed by atoms with Crippen molar-refractivity contribution < 1.29 is 19.1 Å². The number of carbonyl (C=O) groups is 2. The summed E-state index contributed by atoms with van der Waals surface area (Å²) in [5, 5.41) is 2.79. The average Bonchev–Trinajstić information content (AvgIpc) is 2.73. The van der Waals surface area contributed by atoms with Gasteiger partial charge in [-0.25, -0.2) is 9.97 Å². The van der Waals surface area contributed by atoms with Crippen molar-refractivity contribution in [3.63, 3.8) is 0 Å². The SMILES string of the molecule is CCC(CC)C(=O)Nc1ncc2c(n1)CC(c1ccc(OC)c(OC)c1)CC2=O. The van der Waals surface area contributed by atoms with Gasteiger partial charge in [-0.1, -0.05) is 19.9 Å². The summed E-state index contributed by atoms with van der Waals surface area (Å²) >= 11 is 0. The van der Waals surface area contributed by atoms with E-state index in [1.54, 1.807) is 14.2 Å². The van der Waals surface area contributed by atoms with Crippen molar-refractivity contribution in [1.29, 1.82) is 0 Å². The second kappa shape index (κ2) is 9.03. The maximum atomic E-state index is 12.7. The van der Waals surface area contributed by atoms with Gasteiger partial charge in [0.25, 0.3) is 0 Å². The van der Waals surface area contributed by atoms with E-state index < -0.39 is 0 Å². The van der Waals surface area contributed by atoms with Crippen molar-refractivity contribution in [2.75, 3.05) is 19.5 Å². The quantitative estimate of drug-likeness (QED) is 0.765. The van der Waals surface area contributed by atoms with Crippen molar-refractivity contribution >= 4 is 17.6 Å². The molecule has 1 aromatic carbocycles. The van der Waals surface area contributed by atoms with E-state index in [9.17, 15) is 9.59 Å². The third-order valence-electron chi connectivity index (χ3n) is 5.51. The summed E-state index contributed by atoms with van der Waals surface area (Å²) in [5.74, 6) is 1.35. The Hall–Kier alpha value is -2.96. The van der Waals surface area contributed by atoms with Crippen LogP contribution in [-0.2, 0) is 11.2 Å². The van der Waals surface area contributed by atoms with Crippen molar-refractivity contribution in [1.82, 2.24) is 9.97 Å². The second-order valence-electron chi connectivity index (χ2n) is 7.20. The molecule has 1 heterocycles. The van der Waals surface area contributed by atoms with Crippen molar-refractivity contribution in [3.05, 3.63) is 41.2 Å². The minimum absolute atomic E-state index is 0.00362. The number of hydrogen-bond acceptors (Lipinski definition) is 6. The number of hydrogen-bond donors (Lipinski definition) is 1. The minimum atomic E-state index is -0.0893. The smallest absolute Gasteiger partial charge is 0.229 e. The number of carbonyl (C=O) groups excluding carboxylic acids is 2. The van der Waals surface area contributed by atoms with E-state index in [1.807, 2.05) is 32.0 Å². The van der Waals surface area contributed by atoms with Crippen LogP contribution in [0.15, 0.2) is 24.4 Å². The number of ether oxygens (including phenoxy) is 2. The standard InChI is InChI=1S/C22H27N3O4/c1-5-13(6-2)21(27)25-22-23-12-16-17(24-22)9-15(10-18(16)26)14-7-8-19(28-3)20(11-14)29-4/h7-8,11-13,15H,5-6,9-10H2,1-4H3,(H,23,24,25,27). The van der Waals surface area contributed by atoms with Gasteiger partial charge in [-0.3, -0.25) is 14.9 Å². The van der Waals surface area contributed by atoms with Crippen LogP contribution in [0.5, 0.6) is 11.5 Å². The molecule has 1 aromatic heterocycles. The van der Waals surface area contributed by atoms with Crippen LogP contribution in [-0.4, -0.2) is 35.9 Å². The monoisotopic (exact) mass is 397 g/mol. The number of nitrogens with zero attached hydrogens (tertiary/aromatic N) is 2. The number of nitrogens with one attached hydrogen (secondary N) is 1.